The lowest BCUT2D eigenvalue weighted by atomic mass is 9.73. The van der Waals surface area contributed by atoms with E-state index in [1.165, 1.54) is 17.0 Å². The van der Waals surface area contributed by atoms with Gasteiger partial charge in [-0.2, -0.15) is 13.2 Å². The molecular formula is C17H18F3NO5S. The van der Waals surface area contributed by atoms with Gasteiger partial charge in [-0.15, -0.1) is 11.8 Å². The predicted molar refractivity (Wildman–Crippen MR) is 89.3 cm³/mol. The van der Waals surface area contributed by atoms with Gasteiger partial charge in [0.15, 0.2) is 0 Å². The maximum absolute atomic E-state index is 13.4. The number of benzene rings is 1. The van der Waals surface area contributed by atoms with Crippen molar-refractivity contribution in [1.29, 1.82) is 0 Å². The largest absolute Gasteiger partial charge is 0.468 e. The Kier molecular flexibility index (Phi) is 5.06. The van der Waals surface area contributed by atoms with Gasteiger partial charge in [-0.1, -0.05) is 12.1 Å². The molecule has 1 saturated heterocycles. The zero-order valence-electron chi connectivity index (χ0n) is 14.3. The smallest absolute Gasteiger partial charge is 0.417 e. The van der Waals surface area contributed by atoms with Crippen LogP contribution in [0.1, 0.15) is 24.0 Å². The molecule has 148 valence electrons. The summed E-state index contributed by atoms with van der Waals surface area (Å²) in [5, 5.41) is 19.3. The molecule has 6 nitrogen and oxygen atoms in total. The summed E-state index contributed by atoms with van der Waals surface area (Å²) < 4.78 is 44.9. The highest BCUT2D eigenvalue weighted by molar-refractivity contribution is 8.01. The molecule has 2 aliphatic heterocycles. The van der Waals surface area contributed by atoms with Crippen LogP contribution in [0.4, 0.5) is 18.0 Å². The van der Waals surface area contributed by atoms with Crippen LogP contribution in [0.3, 0.4) is 0 Å². The van der Waals surface area contributed by atoms with Crippen LogP contribution in [0.5, 0.6) is 0 Å². The fourth-order valence-corrected chi connectivity index (χ4v) is 5.43. The number of esters is 1. The number of alkyl halides is 3. The Morgan fingerprint density at radius 3 is 2.44 bits per heavy atom. The summed E-state index contributed by atoms with van der Waals surface area (Å²) >= 11 is 0.656. The van der Waals surface area contributed by atoms with E-state index < -0.39 is 40.6 Å². The molecule has 2 heterocycles. The number of aliphatic hydroxyl groups is 1. The summed E-state index contributed by atoms with van der Waals surface area (Å²) in [5.41, 5.74) is -2.72. The highest BCUT2D eigenvalue weighted by Crippen LogP contribution is 2.57. The summed E-state index contributed by atoms with van der Waals surface area (Å²) in [5.74, 6) is -1.39. The van der Waals surface area contributed by atoms with Gasteiger partial charge in [0.2, 0.25) is 0 Å². The van der Waals surface area contributed by atoms with Crippen LogP contribution in [-0.2, 0) is 21.3 Å². The highest BCUT2D eigenvalue weighted by Gasteiger charge is 2.57. The summed E-state index contributed by atoms with van der Waals surface area (Å²) in [6, 6.07) is 3.52. The standard InChI is InChI=1S/C17H18F3NO5S/c1-26-14(22)13-16(25,9-5-7-21(8-6-9)15(23)24)10-3-2-4-11(12(10)27-13)17(18,19)20/h2-4,9,13,25H,5-8H2,1H3,(H,23,24). The number of halogens is 3. The SMILES string of the molecule is COC(=O)C1Sc2c(C(F)(F)F)cccc2C1(O)C1CCN(C(=O)O)CC1. The van der Waals surface area contributed by atoms with Crippen molar-refractivity contribution in [2.75, 3.05) is 20.2 Å². The van der Waals surface area contributed by atoms with E-state index in [2.05, 4.69) is 0 Å². The molecule has 3 rings (SSSR count). The first-order valence-electron chi connectivity index (χ1n) is 8.26. The van der Waals surface area contributed by atoms with Gasteiger partial charge in [0.1, 0.15) is 10.9 Å². The van der Waals surface area contributed by atoms with Gasteiger partial charge in [0, 0.05) is 18.0 Å². The summed E-state index contributed by atoms with van der Waals surface area (Å²) in [4.78, 5) is 24.4. The van der Waals surface area contributed by atoms with Gasteiger partial charge in [-0.3, -0.25) is 4.79 Å². The van der Waals surface area contributed by atoms with Crippen molar-refractivity contribution >= 4 is 23.8 Å². The number of ether oxygens (including phenoxy) is 1. The zero-order chi connectivity index (χ0) is 20.0. The number of methoxy groups -OCH3 is 1. The van der Waals surface area contributed by atoms with Gasteiger partial charge < -0.3 is 19.8 Å². The fraction of sp³-hybridized carbons (Fsp3) is 0.529. The average Bonchev–Trinajstić information content (AvgIpc) is 2.94. The minimum absolute atomic E-state index is 0.0477. The van der Waals surface area contributed by atoms with E-state index in [9.17, 15) is 27.9 Å². The van der Waals surface area contributed by atoms with Crippen molar-refractivity contribution in [3.63, 3.8) is 0 Å². The molecule has 0 bridgehead atoms. The van der Waals surface area contributed by atoms with E-state index in [1.54, 1.807) is 0 Å². The van der Waals surface area contributed by atoms with Crippen molar-refractivity contribution in [3.05, 3.63) is 29.3 Å². The van der Waals surface area contributed by atoms with E-state index in [-0.39, 0.29) is 36.4 Å². The first kappa shape index (κ1) is 19.8. The molecule has 10 heteroatoms. The highest BCUT2D eigenvalue weighted by atomic mass is 32.2. The Labute approximate surface area is 157 Å². The first-order valence-corrected chi connectivity index (χ1v) is 9.14. The molecule has 2 unspecified atom stereocenters. The lowest BCUT2D eigenvalue weighted by Crippen LogP contribution is -2.50. The number of likely N-dealkylation sites (tertiary alicyclic amines) is 1. The maximum Gasteiger partial charge on any atom is 0.417 e. The van der Waals surface area contributed by atoms with Crippen LogP contribution in [0.2, 0.25) is 0 Å². The minimum atomic E-state index is -4.63. The van der Waals surface area contributed by atoms with Crippen LogP contribution in [0.15, 0.2) is 23.1 Å². The van der Waals surface area contributed by atoms with E-state index in [1.807, 2.05) is 0 Å². The summed E-state index contributed by atoms with van der Waals surface area (Å²) in [6.45, 7) is 0.268. The second-order valence-electron chi connectivity index (χ2n) is 6.57. The number of hydrogen-bond acceptors (Lipinski definition) is 5. The fourth-order valence-electron chi connectivity index (χ4n) is 3.83. The van der Waals surface area contributed by atoms with Gasteiger partial charge in [-0.05, 0) is 30.4 Å². The molecule has 0 spiro atoms. The van der Waals surface area contributed by atoms with Gasteiger partial charge in [-0.25, -0.2) is 4.79 Å². The number of carbonyl (C=O) groups excluding carboxylic acids is 1. The summed E-state index contributed by atoms with van der Waals surface area (Å²) in [6.07, 6.45) is -5.26. The van der Waals surface area contributed by atoms with Crippen LogP contribution in [0, 0.1) is 5.92 Å². The third kappa shape index (κ3) is 3.25. The van der Waals surface area contributed by atoms with Crippen molar-refractivity contribution < 1.29 is 37.7 Å². The first-order chi connectivity index (χ1) is 12.6. The van der Waals surface area contributed by atoms with Crippen molar-refractivity contribution in [1.82, 2.24) is 4.90 Å². The molecule has 1 aromatic rings. The normalized spacial score (nSPS) is 26.0. The molecule has 1 fully saturated rings. The maximum atomic E-state index is 13.4. The molecule has 2 aliphatic rings. The third-order valence-electron chi connectivity index (χ3n) is 5.19. The number of hydrogen-bond donors (Lipinski definition) is 2. The number of carboxylic acid groups (broad SMARTS) is 1. The number of fused-ring (bicyclic) bond motifs is 1. The number of amides is 1. The third-order valence-corrected chi connectivity index (χ3v) is 6.65. The molecule has 0 saturated carbocycles. The average molecular weight is 405 g/mol. The van der Waals surface area contributed by atoms with Gasteiger partial charge in [0.25, 0.3) is 0 Å². The molecule has 27 heavy (non-hydrogen) atoms. The summed E-state index contributed by atoms with van der Waals surface area (Å²) in [7, 11) is 1.12. The lowest BCUT2D eigenvalue weighted by molar-refractivity contribution is -0.148. The quantitative estimate of drug-likeness (QED) is 0.736. The van der Waals surface area contributed by atoms with Crippen LogP contribution in [0.25, 0.3) is 0 Å². The number of rotatable bonds is 2. The Hall–Kier alpha value is -1.94. The molecule has 2 atom stereocenters. The second-order valence-corrected chi connectivity index (χ2v) is 7.69. The number of nitrogens with zero attached hydrogens (tertiary/aromatic N) is 1. The van der Waals surface area contributed by atoms with Crippen LogP contribution >= 0.6 is 11.8 Å². The van der Waals surface area contributed by atoms with Crippen LogP contribution < -0.4 is 0 Å². The van der Waals surface area contributed by atoms with Crippen molar-refractivity contribution in [2.45, 2.75) is 34.8 Å². The molecule has 0 radical (unpaired) electrons. The van der Waals surface area contributed by atoms with E-state index in [4.69, 9.17) is 9.84 Å². The van der Waals surface area contributed by atoms with Crippen molar-refractivity contribution in [2.24, 2.45) is 5.92 Å². The van der Waals surface area contributed by atoms with Gasteiger partial charge >= 0.3 is 18.2 Å². The molecular weight excluding hydrogens is 387 g/mol. The van der Waals surface area contributed by atoms with E-state index in [0.717, 1.165) is 13.2 Å². The molecule has 1 aromatic carbocycles. The van der Waals surface area contributed by atoms with Crippen LogP contribution in [-0.4, -0.2) is 52.6 Å². The number of carbonyl (C=O) groups is 2. The predicted octanol–water partition coefficient (Wildman–Crippen LogP) is 2.93. The zero-order valence-corrected chi connectivity index (χ0v) is 15.1. The monoisotopic (exact) mass is 405 g/mol. The Bertz CT molecular complexity index is 763. The minimum Gasteiger partial charge on any atom is -0.468 e. The number of thioether (sulfide) groups is 1. The number of piperidine rings is 1. The van der Waals surface area contributed by atoms with E-state index >= 15 is 0 Å². The Morgan fingerprint density at radius 1 is 1.30 bits per heavy atom. The second kappa shape index (κ2) is 6.90. The molecule has 1 amide bonds. The lowest BCUT2D eigenvalue weighted by Gasteiger charge is -2.41. The van der Waals surface area contributed by atoms with Gasteiger partial charge in [0.05, 0.1) is 12.7 Å². The molecule has 0 aliphatic carbocycles. The molecule has 0 aromatic heterocycles. The Morgan fingerprint density at radius 2 is 1.93 bits per heavy atom. The topological polar surface area (TPSA) is 87.1 Å². The van der Waals surface area contributed by atoms with E-state index in [0.29, 0.717) is 11.8 Å². The molecule has 2 N–H and O–H groups in total. The Balaban J connectivity index is 2.04. The van der Waals surface area contributed by atoms with Crippen molar-refractivity contribution in [3.8, 4) is 0 Å².